The maximum Gasteiger partial charge on any atom is 0.332 e. The van der Waals surface area contributed by atoms with Gasteiger partial charge in [0, 0.05) is 35.7 Å². The van der Waals surface area contributed by atoms with Gasteiger partial charge in [-0.3, -0.25) is 13.9 Å². The highest BCUT2D eigenvalue weighted by atomic mass is 35.5. The van der Waals surface area contributed by atoms with Crippen LogP contribution in [0.15, 0.2) is 50.6 Å². The fourth-order valence-electron chi connectivity index (χ4n) is 4.05. The lowest BCUT2D eigenvalue weighted by Crippen LogP contribution is -2.40. The van der Waals surface area contributed by atoms with Crippen LogP contribution in [0.3, 0.4) is 0 Å². The van der Waals surface area contributed by atoms with Crippen LogP contribution in [0.1, 0.15) is 17.7 Å². The largest absolute Gasteiger partial charge is 0.467 e. The molecule has 0 bridgehead atoms. The Balaban J connectivity index is 1.67. The van der Waals surface area contributed by atoms with E-state index in [2.05, 4.69) is 9.88 Å². The van der Waals surface area contributed by atoms with Gasteiger partial charge in [-0.05, 0) is 30.7 Å². The number of benzene rings is 1. The van der Waals surface area contributed by atoms with Crippen molar-refractivity contribution in [3.05, 3.63) is 78.8 Å². The van der Waals surface area contributed by atoms with Crippen LogP contribution in [0.4, 0.5) is 5.95 Å². The molecular weight excluding hydrogens is 441 g/mol. The van der Waals surface area contributed by atoms with Crippen LogP contribution in [0.2, 0.25) is 10.0 Å². The molecule has 0 fully saturated rings. The van der Waals surface area contributed by atoms with Crippen molar-refractivity contribution in [3.63, 3.8) is 0 Å². The van der Waals surface area contributed by atoms with Crippen LogP contribution >= 0.6 is 23.2 Å². The highest BCUT2D eigenvalue weighted by Gasteiger charge is 2.27. The normalized spacial score (nSPS) is 13.7. The maximum absolute atomic E-state index is 13.5. The predicted octanol–water partition coefficient (Wildman–Crippen LogP) is 3.26. The molecule has 0 spiro atoms. The number of nitrogens with zero attached hydrogens (tertiary/aromatic N) is 5. The van der Waals surface area contributed by atoms with Crippen molar-refractivity contribution in [1.29, 1.82) is 0 Å². The molecule has 3 aromatic heterocycles. The van der Waals surface area contributed by atoms with E-state index in [-0.39, 0.29) is 6.54 Å². The molecule has 0 radical (unpaired) electrons. The minimum absolute atomic E-state index is 0.0173. The molecule has 160 valence electrons. The van der Waals surface area contributed by atoms with Crippen LogP contribution in [0, 0.1) is 0 Å². The van der Waals surface area contributed by atoms with Crippen molar-refractivity contribution >= 4 is 40.3 Å². The van der Waals surface area contributed by atoms with Gasteiger partial charge in [0.1, 0.15) is 5.76 Å². The van der Waals surface area contributed by atoms with Crippen LogP contribution in [-0.4, -0.2) is 25.2 Å². The molecule has 8 nitrogen and oxygen atoms in total. The Bertz CT molecular complexity index is 1380. The van der Waals surface area contributed by atoms with Crippen LogP contribution in [0.5, 0.6) is 0 Å². The first-order valence-electron chi connectivity index (χ1n) is 9.86. The first kappa shape index (κ1) is 20.0. The number of furan rings is 1. The van der Waals surface area contributed by atoms with Gasteiger partial charge in [0.2, 0.25) is 5.95 Å². The first-order chi connectivity index (χ1) is 15.0. The van der Waals surface area contributed by atoms with E-state index >= 15 is 0 Å². The summed E-state index contributed by atoms with van der Waals surface area (Å²) >= 11 is 12.6. The highest BCUT2D eigenvalue weighted by Crippen LogP contribution is 2.27. The Kier molecular flexibility index (Phi) is 4.91. The van der Waals surface area contributed by atoms with E-state index in [4.69, 9.17) is 27.6 Å². The summed E-state index contributed by atoms with van der Waals surface area (Å²) in [4.78, 5) is 33.2. The van der Waals surface area contributed by atoms with Crippen LogP contribution in [0.25, 0.3) is 11.2 Å². The molecule has 0 amide bonds. The zero-order chi connectivity index (χ0) is 21.7. The summed E-state index contributed by atoms with van der Waals surface area (Å²) < 4.78 is 9.92. The topological polar surface area (TPSA) is 78.2 Å². The van der Waals surface area contributed by atoms with Crippen molar-refractivity contribution < 1.29 is 4.42 Å². The summed E-state index contributed by atoms with van der Waals surface area (Å²) in [5.74, 6) is 1.46. The zero-order valence-electron chi connectivity index (χ0n) is 16.7. The van der Waals surface area contributed by atoms with Gasteiger partial charge in [-0.15, -0.1) is 0 Å². The molecule has 0 unspecified atom stereocenters. The number of imidazole rings is 1. The zero-order valence-corrected chi connectivity index (χ0v) is 18.2. The van der Waals surface area contributed by atoms with Gasteiger partial charge in [-0.2, -0.15) is 4.98 Å². The lowest BCUT2D eigenvalue weighted by atomic mass is 10.2. The van der Waals surface area contributed by atoms with Gasteiger partial charge >= 0.3 is 5.69 Å². The molecule has 0 aliphatic carbocycles. The summed E-state index contributed by atoms with van der Waals surface area (Å²) in [5.41, 5.74) is 0.402. The lowest BCUT2D eigenvalue weighted by molar-refractivity contribution is 0.481. The van der Waals surface area contributed by atoms with Crippen molar-refractivity contribution in [3.8, 4) is 0 Å². The van der Waals surface area contributed by atoms with E-state index in [1.165, 1.54) is 4.57 Å². The van der Waals surface area contributed by atoms with Gasteiger partial charge < -0.3 is 13.9 Å². The first-order valence-corrected chi connectivity index (χ1v) is 10.6. The number of anilines is 1. The van der Waals surface area contributed by atoms with Gasteiger partial charge in [-0.1, -0.05) is 29.3 Å². The van der Waals surface area contributed by atoms with E-state index in [1.54, 1.807) is 31.5 Å². The number of aromatic nitrogens is 4. The number of fused-ring (bicyclic) bond motifs is 3. The van der Waals surface area contributed by atoms with Crippen molar-refractivity contribution in [2.75, 3.05) is 11.4 Å². The van der Waals surface area contributed by atoms with Crippen molar-refractivity contribution in [1.82, 2.24) is 18.7 Å². The average molecular weight is 460 g/mol. The summed E-state index contributed by atoms with van der Waals surface area (Å²) in [7, 11) is 1.62. The van der Waals surface area contributed by atoms with E-state index in [0.717, 1.165) is 23.3 Å². The Hall–Kier alpha value is -2.97. The standard InChI is InChI=1S/C21H19Cl2N5O3/c1-25-18-17(19(29)28(21(25)30)12-14-15(22)6-2-7-16(14)23)27-9-4-8-26(20(27)24-18)11-13-5-3-10-31-13/h2-3,5-7,10H,4,8-9,11-12H2,1H3. The van der Waals surface area contributed by atoms with Crippen molar-refractivity contribution in [2.24, 2.45) is 7.05 Å². The molecule has 10 heteroatoms. The van der Waals surface area contributed by atoms with E-state index in [0.29, 0.717) is 45.8 Å². The molecule has 0 atom stereocenters. The monoisotopic (exact) mass is 459 g/mol. The Labute approximate surface area is 186 Å². The quantitative estimate of drug-likeness (QED) is 0.467. The van der Waals surface area contributed by atoms with E-state index in [9.17, 15) is 9.59 Å². The van der Waals surface area contributed by atoms with Crippen LogP contribution in [-0.2, 0) is 26.7 Å². The average Bonchev–Trinajstić information content (AvgIpc) is 3.40. The molecule has 0 saturated heterocycles. The SMILES string of the molecule is Cn1c(=O)n(Cc2c(Cl)cccc2Cl)c(=O)c2c1nc1n2CCCN1Cc1ccco1. The Morgan fingerprint density at radius 2 is 1.84 bits per heavy atom. The Morgan fingerprint density at radius 1 is 1.06 bits per heavy atom. The fraction of sp³-hybridized carbons (Fsp3) is 0.286. The lowest BCUT2D eigenvalue weighted by Gasteiger charge is -2.28. The van der Waals surface area contributed by atoms with Gasteiger partial charge in [0.25, 0.3) is 5.56 Å². The number of hydrogen-bond donors (Lipinski definition) is 0. The minimum atomic E-state index is -0.471. The van der Waals surface area contributed by atoms with Crippen molar-refractivity contribution in [2.45, 2.75) is 26.1 Å². The summed E-state index contributed by atoms with van der Waals surface area (Å²) in [6.07, 6.45) is 2.47. The summed E-state index contributed by atoms with van der Waals surface area (Å²) in [5, 5.41) is 0.808. The predicted molar refractivity (Wildman–Crippen MR) is 119 cm³/mol. The van der Waals surface area contributed by atoms with Gasteiger partial charge in [-0.25, -0.2) is 4.79 Å². The number of aryl methyl sites for hydroxylation is 2. The second-order valence-corrected chi connectivity index (χ2v) is 8.34. The molecule has 31 heavy (non-hydrogen) atoms. The molecule has 1 aliphatic heterocycles. The second kappa shape index (κ2) is 7.62. The molecule has 5 rings (SSSR count). The second-order valence-electron chi connectivity index (χ2n) is 7.52. The molecule has 4 heterocycles. The maximum atomic E-state index is 13.5. The third kappa shape index (κ3) is 3.26. The van der Waals surface area contributed by atoms with Gasteiger partial charge in [0.15, 0.2) is 11.2 Å². The number of rotatable bonds is 4. The van der Waals surface area contributed by atoms with E-state index < -0.39 is 11.2 Å². The molecule has 1 aromatic carbocycles. The Morgan fingerprint density at radius 3 is 2.55 bits per heavy atom. The minimum Gasteiger partial charge on any atom is -0.467 e. The molecular formula is C21H19Cl2N5O3. The van der Waals surface area contributed by atoms with Gasteiger partial charge in [0.05, 0.1) is 19.4 Å². The molecule has 1 aliphatic rings. The fourth-order valence-corrected chi connectivity index (χ4v) is 4.57. The molecule has 0 saturated carbocycles. The molecule has 0 N–H and O–H groups in total. The number of hydrogen-bond acceptors (Lipinski definition) is 5. The number of halogens is 2. The van der Waals surface area contributed by atoms with Crippen LogP contribution < -0.4 is 16.1 Å². The van der Waals surface area contributed by atoms with E-state index in [1.807, 2.05) is 16.7 Å². The highest BCUT2D eigenvalue weighted by molar-refractivity contribution is 6.35. The smallest absolute Gasteiger partial charge is 0.332 e. The third-order valence-electron chi connectivity index (χ3n) is 5.61. The third-order valence-corrected chi connectivity index (χ3v) is 6.32. The summed E-state index contributed by atoms with van der Waals surface area (Å²) in [6.45, 7) is 1.94. The molecule has 4 aromatic rings. The summed E-state index contributed by atoms with van der Waals surface area (Å²) in [6, 6.07) is 8.83.